The van der Waals surface area contributed by atoms with Gasteiger partial charge in [-0.3, -0.25) is 0 Å². The van der Waals surface area contributed by atoms with Crippen LogP contribution in [0.5, 0.6) is 0 Å². The summed E-state index contributed by atoms with van der Waals surface area (Å²) in [5.74, 6) is 0. The average molecular weight is 965 g/mol. The molecule has 2 nitrogen and oxygen atoms in total. The molecule has 0 saturated carbocycles. The second kappa shape index (κ2) is 15.5. The van der Waals surface area contributed by atoms with Crippen LogP contribution in [0.15, 0.2) is 176 Å². The summed E-state index contributed by atoms with van der Waals surface area (Å²) < 4.78 is 5.33. The molecule has 2 aliphatic heterocycles. The highest BCUT2D eigenvalue weighted by atomic mass is 32.1. The van der Waals surface area contributed by atoms with Crippen molar-refractivity contribution < 1.29 is 0 Å². The fourth-order valence-electron chi connectivity index (χ4n) is 12.8. The minimum absolute atomic E-state index is 0.0330. The molecule has 0 fully saturated rings. The number of rotatable bonds is 4. The smallest absolute Gasteiger partial charge is 0.252 e. The molecule has 11 aromatic rings. The largest absolute Gasteiger partial charge is 0.311 e. The van der Waals surface area contributed by atoms with Gasteiger partial charge in [0.05, 0.1) is 0 Å². The Kier molecular flexibility index (Phi) is 9.47. The van der Waals surface area contributed by atoms with Gasteiger partial charge in [-0.15, -0.1) is 22.7 Å². The van der Waals surface area contributed by atoms with Crippen LogP contribution in [-0.2, 0) is 16.2 Å². The highest BCUT2D eigenvalue weighted by molar-refractivity contribution is 7.26. The summed E-state index contributed by atoms with van der Waals surface area (Å²) in [4.78, 5) is 5.22. The number of hydrogen-bond acceptors (Lipinski definition) is 4. The molecule has 72 heavy (non-hydrogen) atoms. The Morgan fingerprint density at radius 1 is 0.458 bits per heavy atom. The van der Waals surface area contributed by atoms with Gasteiger partial charge in [-0.25, -0.2) is 0 Å². The maximum Gasteiger partial charge on any atom is 0.252 e. The van der Waals surface area contributed by atoms with Crippen LogP contribution in [0.2, 0.25) is 0 Å². The van der Waals surface area contributed by atoms with Gasteiger partial charge in [0.1, 0.15) is 0 Å². The molecule has 1 aliphatic carbocycles. The predicted molar refractivity (Wildman–Crippen MR) is 316 cm³/mol. The van der Waals surface area contributed by atoms with Crippen LogP contribution in [0.1, 0.15) is 83.6 Å². The number of aryl methyl sites for hydroxylation is 1. The predicted octanol–water partition coefficient (Wildman–Crippen LogP) is 17.8. The normalized spacial score (nSPS) is 15.5. The van der Waals surface area contributed by atoms with Crippen LogP contribution in [0.25, 0.3) is 62.6 Å². The number of nitrogens with zero attached hydrogens (tertiary/aromatic N) is 2. The highest BCUT2D eigenvalue weighted by Gasteiger charge is 2.46. The first-order valence-corrected chi connectivity index (χ1v) is 27.4. The van der Waals surface area contributed by atoms with Crippen molar-refractivity contribution in [1.29, 1.82) is 0 Å². The molecule has 0 saturated heterocycles. The SMILES string of the molecule is Cc1cc2c3c(c1)N(c1ccc(-c4cccc5sc6ccccc6c45)cc1)c1cc4c(cc1B3c1ccc(C(C)(C)C)cc1N2c1ccc(-c2cccc3sc5ccccc5c23)cc1)C(C)(C)CCC4(C)C. The van der Waals surface area contributed by atoms with Crippen molar-refractivity contribution in [2.75, 3.05) is 9.80 Å². The quantitative estimate of drug-likeness (QED) is 0.162. The van der Waals surface area contributed by atoms with Crippen LogP contribution in [0, 0.1) is 6.92 Å². The first-order chi connectivity index (χ1) is 34.7. The van der Waals surface area contributed by atoms with E-state index in [9.17, 15) is 0 Å². The summed E-state index contributed by atoms with van der Waals surface area (Å²) in [6.45, 7) is 19.3. The fourth-order valence-corrected chi connectivity index (χ4v) is 15.1. The van der Waals surface area contributed by atoms with Gasteiger partial charge in [0, 0.05) is 74.5 Å². The minimum Gasteiger partial charge on any atom is -0.311 e. The molecule has 5 heteroatoms. The number of benzene rings is 9. The zero-order valence-corrected chi connectivity index (χ0v) is 44.1. The van der Waals surface area contributed by atoms with Crippen LogP contribution in [0.4, 0.5) is 34.1 Å². The number of hydrogen-bond donors (Lipinski definition) is 0. The summed E-state index contributed by atoms with van der Waals surface area (Å²) in [6.07, 6.45) is 2.33. The average Bonchev–Trinajstić information content (AvgIpc) is 3.96. The molecule has 0 unspecified atom stereocenters. The van der Waals surface area contributed by atoms with Crippen molar-refractivity contribution in [1.82, 2.24) is 0 Å². The molecule has 0 spiro atoms. The van der Waals surface area contributed by atoms with Crippen molar-refractivity contribution in [3.8, 4) is 22.3 Å². The third-order valence-electron chi connectivity index (χ3n) is 16.7. The lowest BCUT2D eigenvalue weighted by Crippen LogP contribution is -2.62. The Bertz CT molecular complexity index is 4030. The maximum atomic E-state index is 2.66. The second-order valence-corrected chi connectivity index (χ2v) is 25.4. The van der Waals surface area contributed by atoms with E-state index in [2.05, 4.69) is 241 Å². The van der Waals surface area contributed by atoms with Crippen LogP contribution < -0.4 is 26.2 Å². The molecule has 0 N–H and O–H groups in total. The third-order valence-corrected chi connectivity index (χ3v) is 19.0. The van der Waals surface area contributed by atoms with Crippen molar-refractivity contribution in [3.05, 3.63) is 198 Å². The summed E-state index contributed by atoms with van der Waals surface area (Å²) in [5.41, 5.74) is 22.2. The molecule has 0 amide bonds. The molecule has 0 atom stereocenters. The zero-order chi connectivity index (χ0) is 49.0. The van der Waals surface area contributed by atoms with E-state index in [1.807, 2.05) is 22.7 Å². The molecule has 14 rings (SSSR count). The first kappa shape index (κ1) is 43.8. The molecule has 9 aromatic carbocycles. The van der Waals surface area contributed by atoms with Gasteiger partial charge in [-0.2, -0.15) is 0 Å². The molecule has 350 valence electrons. The summed E-state index contributed by atoms with van der Waals surface area (Å²) >= 11 is 3.77. The molecular weight excluding hydrogens is 908 g/mol. The Hall–Kier alpha value is -6.92. The maximum absolute atomic E-state index is 2.66. The molecule has 0 bridgehead atoms. The van der Waals surface area contributed by atoms with E-state index in [1.54, 1.807) is 0 Å². The Balaban J connectivity index is 0.992. The lowest BCUT2D eigenvalue weighted by Gasteiger charge is -2.47. The number of fused-ring (bicyclic) bond motifs is 11. The number of thiophene rings is 2. The Morgan fingerprint density at radius 3 is 1.44 bits per heavy atom. The monoisotopic (exact) mass is 964 g/mol. The summed E-state index contributed by atoms with van der Waals surface area (Å²) in [6, 6.07) is 67.9. The third kappa shape index (κ3) is 6.52. The van der Waals surface area contributed by atoms with Crippen LogP contribution in [0.3, 0.4) is 0 Å². The van der Waals surface area contributed by atoms with Crippen LogP contribution in [-0.4, -0.2) is 6.71 Å². The molecule has 0 radical (unpaired) electrons. The van der Waals surface area contributed by atoms with Crippen molar-refractivity contribution in [3.63, 3.8) is 0 Å². The van der Waals surface area contributed by atoms with E-state index < -0.39 is 0 Å². The summed E-state index contributed by atoms with van der Waals surface area (Å²) in [7, 11) is 0. The number of anilines is 6. The van der Waals surface area contributed by atoms with Gasteiger partial charge in [-0.1, -0.05) is 152 Å². The van der Waals surface area contributed by atoms with Gasteiger partial charge in [0.2, 0.25) is 0 Å². The zero-order valence-electron chi connectivity index (χ0n) is 42.4. The fraction of sp³-hybridized carbons (Fsp3) is 0.194. The standard InChI is InChI=1S/C67H57BN2S2/c1-40-35-56-64-57(36-40)70(45-30-25-42(26-31-45)47-18-14-22-61-63(47)49-16-10-12-20-59(49)72-61)55-39-51-50(66(5,6)33-34-67(51,7)8)38-53(55)68(64)52-32-27-43(65(2,3)4)37-54(52)69(56)44-28-23-41(24-29-44)46-17-13-21-60-62(46)48-15-9-11-19-58(48)71-60/h9-32,35-39H,33-34H2,1-8H3. The van der Waals surface area contributed by atoms with E-state index in [4.69, 9.17) is 0 Å². The lowest BCUT2D eigenvalue weighted by molar-refractivity contribution is 0.332. The minimum atomic E-state index is -0.0330. The van der Waals surface area contributed by atoms with Gasteiger partial charge >= 0.3 is 0 Å². The second-order valence-electron chi connectivity index (χ2n) is 23.2. The van der Waals surface area contributed by atoms with Crippen molar-refractivity contribution >= 4 is 120 Å². The van der Waals surface area contributed by atoms with Gasteiger partial charge < -0.3 is 9.80 Å². The van der Waals surface area contributed by atoms with Crippen molar-refractivity contribution in [2.24, 2.45) is 0 Å². The van der Waals surface area contributed by atoms with E-state index in [0.717, 1.165) is 6.42 Å². The molecular formula is C67H57BN2S2. The Morgan fingerprint density at radius 2 is 0.931 bits per heavy atom. The molecule has 4 heterocycles. The highest BCUT2D eigenvalue weighted by Crippen LogP contribution is 2.52. The molecule has 3 aliphatic rings. The van der Waals surface area contributed by atoms with Gasteiger partial charge in [0.15, 0.2) is 0 Å². The molecule has 2 aromatic heterocycles. The Labute approximate surface area is 432 Å². The van der Waals surface area contributed by atoms with Crippen LogP contribution >= 0.6 is 22.7 Å². The van der Waals surface area contributed by atoms with E-state index in [0.29, 0.717) is 0 Å². The summed E-state index contributed by atoms with van der Waals surface area (Å²) in [5, 5.41) is 5.35. The van der Waals surface area contributed by atoms with E-state index in [1.165, 1.54) is 142 Å². The lowest BCUT2D eigenvalue weighted by atomic mass is 9.33. The van der Waals surface area contributed by atoms with E-state index in [-0.39, 0.29) is 23.0 Å². The van der Waals surface area contributed by atoms with E-state index >= 15 is 0 Å². The van der Waals surface area contributed by atoms with Crippen molar-refractivity contribution in [2.45, 2.75) is 84.5 Å². The van der Waals surface area contributed by atoms with Gasteiger partial charge in [-0.05, 0) is 170 Å². The first-order valence-electron chi connectivity index (χ1n) is 25.8. The van der Waals surface area contributed by atoms with Gasteiger partial charge in [0.25, 0.3) is 6.71 Å². The topological polar surface area (TPSA) is 6.48 Å².